The Balaban J connectivity index is 1.45. The van der Waals surface area contributed by atoms with Crippen LogP contribution in [0.5, 0.6) is 5.75 Å². The fourth-order valence-electron chi connectivity index (χ4n) is 3.01. The first kappa shape index (κ1) is 23.0. The van der Waals surface area contributed by atoms with Crippen molar-refractivity contribution in [3.8, 4) is 5.75 Å². The van der Waals surface area contributed by atoms with Crippen LogP contribution in [0.2, 0.25) is 25.1 Å². The highest BCUT2D eigenvalue weighted by Gasteiger charge is 2.21. The minimum Gasteiger partial charge on any atom is -0.482 e. The number of ether oxygens (including phenoxy) is 1. The normalized spacial score (nSPS) is 11.4. The number of halogens is 5. The van der Waals surface area contributed by atoms with Crippen molar-refractivity contribution in [2.24, 2.45) is 0 Å². The minimum absolute atomic E-state index is 0.0141. The van der Waals surface area contributed by atoms with Crippen LogP contribution in [0, 0.1) is 0 Å². The molecule has 0 saturated heterocycles. The molecule has 32 heavy (non-hydrogen) atoms. The second-order valence-electron chi connectivity index (χ2n) is 6.75. The molecule has 0 spiro atoms. The zero-order valence-corrected chi connectivity index (χ0v) is 20.0. The zero-order chi connectivity index (χ0) is 22.8. The van der Waals surface area contributed by atoms with E-state index >= 15 is 0 Å². The number of benzene rings is 3. The maximum Gasteiger partial charge on any atom is 0.185 e. The highest BCUT2D eigenvalue weighted by molar-refractivity contribution is 6.55. The molecule has 0 atom stereocenters. The van der Waals surface area contributed by atoms with Crippen molar-refractivity contribution in [3.63, 3.8) is 0 Å². The summed E-state index contributed by atoms with van der Waals surface area (Å²) in [7, 11) is 0. The summed E-state index contributed by atoms with van der Waals surface area (Å²) in [5.74, 6) is 0.945. The van der Waals surface area contributed by atoms with Gasteiger partial charge in [-0.3, -0.25) is 4.79 Å². The third kappa shape index (κ3) is 4.78. The van der Waals surface area contributed by atoms with Gasteiger partial charge in [-0.15, -0.1) is 0 Å². The van der Waals surface area contributed by atoms with E-state index in [-0.39, 0.29) is 43.3 Å². The van der Waals surface area contributed by atoms with Crippen LogP contribution < -0.4 is 4.74 Å². The van der Waals surface area contributed by atoms with E-state index in [1.807, 2.05) is 36.4 Å². The van der Waals surface area contributed by atoms with Crippen LogP contribution in [-0.2, 0) is 6.61 Å². The van der Waals surface area contributed by atoms with Crippen LogP contribution in [0.15, 0.2) is 65.1 Å². The molecule has 3 nitrogen and oxygen atoms in total. The molecule has 4 rings (SSSR count). The SMILES string of the molecule is O=C(/C=C/c1ccc(COc2c(Cl)c(Cl)c(Cl)c(Cl)c2Cl)o1)c1ccc2ccccc2c1. The molecule has 0 fully saturated rings. The molecular weight excluding hydrogens is 514 g/mol. The highest BCUT2D eigenvalue weighted by atomic mass is 35.5. The summed E-state index contributed by atoms with van der Waals surface area (Å²) < 4.78 is 11.3. The van der Waals surface area contributed by atoms with Gasteiger partial charge in [0.05, 0.1) is 15.1 Å². The minimum atomic E-state index is -0.131. The molecule has 0 N–H and O–H groups in total. The largest absolute Gasteiger partial charge is 0.482 e. The number of rotatable bonds is 6. The lowest BCUT2D eigenvalue weighted by Crippen LogP contribution is -1.96. The van der Waals surface area contributed by atoms with Crippen LogP contribution in [0.3, 0.4) is 0 Å². The van der Waals surface area contributed by atoms with Gasteiger partial charge in [-0.25, -0.2) is 0 Å². The standard InChI is InChI=1S/C24H13Cl5O3/c25-19-20(26)22(28)24(23(29)21(19)27)31-12-17-8-7-16(32-17)9-10-18(30)15-6-5-13-3-1-2-4-14(13)11-15/h1-11H,12H2/b10-9+. The summed E-state index contributed by atoms with van der Waals surface area (Å²) >= 11 is 30.4. The van der Waals surface area contributed by atoms with Crippen molar-refractivity contribution >= 4 is 80.6 Å². The number of allylic oxidation sites excluding steroid dienone is 1. The van der Waals surface area contributed by atoms with Crippen molar-refractivity contribution in [2.75, 3.05) is 0 Å². The first-order valence-electron chi connectivity index (χ1n) is 9.29. The summed E-state index contributed by atoms with van der Waals surface area (Å²) in [6.07, 6.45) is 3.05. The summed E-state index contributed by atoms with van der Waals surface area (Å²) in [4.78, 5) is 12.5. The van der Waals surface area contributed by atoms with E-state index in [4.69, 9.17) is 67.2 Å². The first-order chi connectivity index (χ1) is 15.3. The third-order valence-corrected chi connectivity index (χ3v) is 6.89. The maximum absolute atomic E-state index is 12.5. The molecule has 162 valence electrons. The van der Waals surface area contributed by atoms with E-state index in [2.05, 4.69) is 0 Å². The van der Waals surface area contributed by atoms with E-state index in [9.17, 15) is 4.79 Å². The second kappa shape index (κ2) is 9.78. The van der Waals surface area contributed by atoms with E-state index in [0.717, 1.165) is 10.8 Å². The first-order valence-corrected chi connectivity index (χ1v) is 11.2. The Morgan fingerprint density at radius 1 is 0.812 bits per heavy atom. The maximum atomic E-state index is 12.5. The van der Waals surface area contributed by atoms with Gasteiger partial charge in [0.2, 0.25) is 0 Å². The van der Waals surface area contributed by atoms with Gasteiger partial charge < -0.3 is 9.15 Å². The predicted octanol–water partition coefficient (Wildman–Crippen LogP) is 9.17. The van der Waals surface area contributed by atoms with Crippen molar-refractivity contribution < 1.29 is 13.9 Å². The van der Waals surface area contributed by atoms with Crippen molar-refractivity contribution in [3.05, 3.63) is 103 Å². The average Bonchev–Trinajstić information content (AvgIpc) is 3.27. The van der Waals surface area contributed by atoms with Gasteiger partial charge in [-0.05, 0) is 41.1 Å². The number of hydrogen-bond donors (Lipinski definition) is 0. The molecule has 1 aromatic heterocycles. The summed E-state index contributed by atoms with van der Waals surface area (Å²) in [5, 5.41) is 2.34. The molecular formula is C24H13Cl5O3. The van der Waals surface area contributed by atoms with Gasteiger partial charge in [0.25, 0.3) is 0 Å². The van der Waals surface area contributed by atoms with Crippen molar-refractivity contribution in [1.82, 2.24) is 0 Å². The van der Waals surface area contributed by atoms with E-state index < -0.39 is 0 Å². The molecule has 0 aliphatic carbocycles. The lowest BCUT2D eigenvalue weighted by Gasteiger charge is -2.12. The Morgan fingerprint density at radius 2 is 1.47 bits per heavy atom. The Kier molecular flexibility index (Phi) is 7.04. The fourth-order valence-corrected chi connectivity index (χ4v) is 4.24. The van der Waals surface area contributed by atoms with Gasteiger partial charge in [0.15, 0.2) is 11.5 Å². The smallest absolute Gasteiger partial charge is 0.185 e. The fraction of sp³-hybridized carbons (Fsp3) is 0.0417. The van der Waals surface area contributed by atoms with Crippen LogP contribution in [-0.4, -0.2) is 5.78 Å². The van der Waals surface area contributed by atoms with E-state index in [0.29, 0.717) is 17.1 Å². The average molecular weight is 527 g/mol. The summed E-state index contributed by atoms with van der Waals surface area (Å²) in [6, 6.07) is 16.9. The van der Waals surface area contributed by atoms with Crippen LogP contribution in [0.25, 0.3) is 16.8 Å². The topological polar surface area (TPSA) is 39.4 Å². The Morgan fingerprint density at radius 3 is 2.19 bits per heavy atom. The van der Waals surface area contributed by atoms with E-state index in [1.54, 1.807) is 24.3 Å². The van der Waals surface area contributed by atoms with Gasteiger partial charge in [0.1, 0.15) is 28.2 Å². The number of fused-ring (bicyclic) bond motifs is 1. The monoisotopic (exact) mass is 524 g/mol. The third-order valence-electron chi connectivity index (χ3n) is 4.64. The summed E-state index contributed by atoms with van der Waals surface area (Å²) in [6.45, 7) is 0.0141. The molecule has 0 aliphatic heterocycles. The number of carbonyl (C=O) groups excluding carboxylic acids is 1. The van der Waals surface area contributed by atoms with Gasteiger partial charge in [-0.2, -0.15) is 0 Å². The van der Waals surface area contributed by atoms with Crippen LogP contribution in [0.1, 0.15) is 21.9 Å². The second-order valence-corrected chi connectivity index (χ2v) is 8.64. The predicted molar refractivity (Wildman–Crippen MR) is 132 cm³/mol. The van der Waals surface area contributed by atoms with Gasteiger partial charge >= 0.3 is 0 Å². The molecule has 1 heterocycles. The molecule has 0 bridgehead atoms. The Hall–Kier alpha value is -2.14. The van der Waals surface area contributed by atoms with E-state index in [1.165, 1.54) is 6.08 Å². The zero-order valence-electron chi connectivity index (χ0n) is 16.2. The molecule has 0 saturated carbocycles. The van der Waals surface area contributed by atoms with Gasteiger partial charge in [0, 0.05) is 5.56 Å². The molecule has 3 aromatic carbocycles. The Labute approximate surface area is 209 Å². The number of carbonyl (C=O) groups is 1. The lowest BCUT2D eigenvalue weighted by molar-refractivity contribution is 0.104. The quantitative estimate of drug-likeness (QED) is 0.109. The molecule has 0 amide bonds. The molecule has 8 heteroatoms. The molecule has 0 unspecified atom stereocenters. The van der Waals surface area contributed by atoms with Gasteiger partial charge in [-0.1, -0.05) is 94.4 Å². The lowest BCUT2D eigenvalue weighted by atomic mass is 10.0. The molecule has 0 aliphatic rings. The van der Waals surface area contributed by atoms with Crippen molar-refractivity contribution in [2.45, 2.75) is 6.61 Å². The van der Waals surface area contributed by atoms with Crippen LogP contribution in [0.4, 0.5) is 0 Å². The highest BCUT2D eigenvalue weighted by Crippen LogP contribution is 2.48. The van der Waals surface area contributed by atoms with Crippen molar-refractivity contribution in [1.29, 1.82) is 0 Å². The number of hydrogen-bond acceptors (Lipinski definition) is 3. The number of ketones is 1. The Bertz CT molecular complexity index is 1330. The molecule has 4 aromatic rings. The summed E-state index contributed by atoms with van der Waals surface area (Å²) in [5.41, 5.74) is 0.593. The molecule has 0 radical (unpaired) electrons. The van der Waals surface area contributed by atoms with Crippen LogP contribution >= 0.6 is 58.0 Å². The number of furan rings is 1.